The van der Waals surface area contributed by atoms with Gasteiger partial charge in [0.15, 0.2) is 0 Å². The molecule has 3 N–H and O–H groups in total. The molecule has 0 aliphatic rings. The summed E-state index contributed by atoms with van der Waals surface area (Å²) in [5, 5.41) is 0. The molecule has 90 valence electrons. The van der Waals surface area contributed by atoms with Crippen molar-refractivity contribution in [3.8, 4) is 5.75 Å². The van der Waals surface area contributed by atoms with E-state index in [9.17, 15) is 0 Å². The molecule has 0 saturated heterocycles. The van der Waals surface area contributed by atoms with Crippen LogP contribution in [0.25, 0.3) is 0 Å². The van der Waals surface area contributed by atoms with Crippen LogP contribution in [-0.2, 0) is 7.05 Å². The molecule has 1 atom stereocenters. The zero-order valence-corrected chi connectivity index (χ0v) is 9.92. The fraction of sp³-hybridized carbons (Fsp3) is 0.250. The van der Waals surface area contributed by atoms with Gasteiger partial charge in [-0.25, -0.2) is 10.4 Å². The van der Waals surface area contributed by atoms with Crippen molar-refractivity contribution in [1.82, 2.24) is 15.0 Å². The second kappa shape index (κ2) is 4.99. The number of aromatic nitrogens is 2. The lowest BCUT2D eigenvalue weighted by Crippen LogP contribution is -2.30. The molecule has 1 aromatic heterocycles. The van der Waals surface area contributed by atoms with E-state index in [1.54, 1.807) is 19.6 Å². The molecule has 1 heterocycles. The molecule has 0 radical (unpaired) electrons. The summed E-state index contributed by atoms with van der Waals surface area (Å²) in [6.07, 6.45) is 3.55. The van der Waals surface area contributed by atoms with Gasteiger partial charge >= 0.3 is 0 Å². The predicted molar refractivity (Wildman–Crippen MR) is 65.4 cm³/mol. The van der Waals surface area contributed by atoms with Gasteiger partial charge in [-0.1, -0.05) is 12.1 Å². The first kappa shape index (κ1) is 11.6. The first-order valence-electron chi connectivity index (χ1n) is 5.32. The van der Waals surface area contributed by atoms with Gasteiger partial charge in [-0.2, -0.15) is 0 Å². The second-order valence-electron chi connectivity index (χ2n) is 3.80. The summed E-state index contributed by atoms with van der Waals surface area (Å²) in [5.41, 5.74) is 4.88. The lowest BCUT2D eigenvalue weighted by molar-refractivity contribution is 0.414. The van der Waals surface area contributed by atoms with Crippen LogP contribution in [0.15, 0.2) is 36.8 Å². The Labute approximate surface area is 100 Å². The first-order chi connectivity index (χ1) is 8.26. The van der Waals surface area contributed by atoms with Crippen LogP contribution in [0.3, 0.4) is 0 Å². The second-order valence-corrected chi connectivity index (χ2v) is 3.80. The average Bonchev–Trinajstić information content (AvgIpc) is 2.78. The summed E-state index contributed by atoms with van der Waals surface area (Å²) >= 11 is 0. The molecule has 0 saturated carbocycles. The SMILES string of the molecule is COc1ccc(C(NN)c2cncn2C)cc1. The minimum absolute atomic E-state index is 0.0755. The Morgan fingerprint density at radius 2 is 2.06 bits per heavy atom. The molecule has 0 fully saturated rings. The van der Waals surface area contributed by atoms with Crippen molar-refractivity contribution >= 4 is 0 Å². The largest absolute Gasteiger partial charge is 0.497 e. The van der Waals surface area contributed by atoms with Crippen LogP contribution < -0.4 is 16.0 Å². The first-order valence-corrected chi connectivity index (χ1v) is 5.32. The molecule has 1 aromatic carbocycles. The minimum Gasteiger partial charge on any atom is -0.497 e. The topological polar surface area (TPSA) is 65.1 Å². The maximum Gasteiger partial charge on any atom is 0.118 e. The van der Waals surface area contributed by atoms with Crippen molar-refractivity contribution in [2.75, 3.05) is 7.11 Å². The van der Waals surface area contributed by atoms with Crippen molar-refractivity contribution < 1.29 is 4.74 Å². The summed E-state index contributed by atoms with van der Waals surface area (Å²) in [6, 6.07) is 7.71. The molecular weight excluding hydrogens is 216 g/mol. The van der Waals surface area contributed by atoms with Crippen LogP contribution in [0.2, 0.25) is 0 Å². The van der Waals surface area contributed by atoms with E-state index in [1.807, 2.05) is 35.9 Å². The number of benzene rings is 1. The van der Waals surface area contributed by atoms with Crippen LogP contribution >= 0.6 is 0 Å². The summed E-state index contributed by atoms with van der Waals surface area (Å²) in [7, 11) is 3.59. The van der Waals surface area contributed by atoms with Gasteiger partial charge in [-0.05, 0) is 17.7 Å². The van der Waals surface area contributed by atoms with Gasteiger partial charge in [-0.15, -0.1) is 0 Å². The Bertz CT molecular complexity index is 478. The fourth-order valence-electron chi connectivity index (χ4n) is 1.79. The number of hydrazine groups is 1. The number of nitrogens with zero attached hydrogens (tertiary/aromatic N) is 2. The molecule has 0 amide bonds. The smallest absolute Gasteiger partial charge is 0.118 e. The van der Waals surface area contributed by atoms with Gasteiger partial charge in [0.2, 0.25) is 0 Å². The maximum absolute atomic E-state index is 5.61. The molecule has 1 unspecified atom stereocenters. The van der Waals surface area contributed by atoms with Gasteiger partial charge in [-0.3, -0.25) is 5.84 Å². The number of nitrogens with one attached hydrogen (secondary N) is 1. The van der Waals surface area contributed by atoms with Crippen molar-refractivity contribution in [2.45, 2.75) is 6.04 Å². The molecule has 17 heavy (non-hydrogen) atoms. The number of imidazole rings is 1. The molecule has 0 spiro atoms. The molecule has 0 aliphatic carbocycles. The van der Waals surface area contributed by atoms with Crippen molar-refractivity contribution in [2.24, 2.45) is 12.9 Å². The number of hydrogen-bond acceptors (Lipinski definition) is 4. The van der Waals surface area contributed by atoms with E-state index in [1.165, 1.54) is 0 Å². The molecule has 5 heteroatoms. The zero-order chi connectivity index (χ0) is 12.3. The highest BCUT2D eigenvalue weighted by atomic mass is 16.5. The third-order valence-electron chi connectivity index (χ3n) is 2.77. The minimum atomic E-state index is -0.0755. The number of rotatable bonds is 4. The molecule has 0 aliphatic heterocycles. The maximum atomic E-state index is 5.61. The molecule has 2 rings (SSSR count). The zero-order valence-electron chi connectivity index (χ0n) is 9.92. The van der Waals surface area contributed by atoms with Crippen LogP contribution in [-0.4, -0.2) is 16.7 Å². The average molecular weight is 232 g/mol. The van der Waals surface area contributed by atoms with Crippen LogP contribution in [0, 0.1) is 0 Å². The fourth-order valence-corrected chi connectivity index (χ4v) is 1.79. The summed E-state index contributed by atoms with van der Waals surface area (Å²) in [5.74, 6) is 6.44. The van der Waals surface area contributed by atoms with E-state index in [4.69, 9.17) is 10.6 Å². The van der Waals surface area contributed by atoms with E-state index >= 15 is 0 Å². The Balaban J connectivity index is 2.32. The van der Waals surface area contributed by atoms with Gasteiger partial charge in [0.25, 0.3) is 0 Å². The third-order valence-corrected chi connectivity index (χ3v) is 2.77. The standard InChI is InChI=1S/C12H16N4O/c1-16-8-14-7-11(16)12(15-13)9-3-5-10(17-2)6-4-9/h3-8,12,15H,13H2,1-2H3. The normalized spacial score (nSPS) is 12.4. The van der Waals surface area contributed by atoms with Crippen LogP contribution in [0.5, 0.6) is 5.75 Å². The van der Waals surface area contributed by atoms with E-state index in [-0.39, 0.29) is 6.04 Å². The van der Waals surface area contributed by atoms with Crippen molar-refractivity contribution in [1.29, 1.82) is 0 Å². The lowest BCUT2D eigenvalue weighted by Gasteiger charge is -2.17. The Morgan fingerprint density at radius 3 is 2.53 bits per heavy atom. The van der Waals surface area contributed by atoms with Crippen molar-refractivity contribution in [3.05, 3.63) is 48.0 Å². The summed E-state index contributed by atoms with van der Waals surface area (Å²) < 4.78 is 7.07. The molecular formula is C12H16N4O. The Hall–Kier alpha value is -1.85. The molecule has 5 nitrogen and oxygen atoms in total. The van der Waals surface area contributed by atoms with E-state index in [0.29, 0.717) is 0 Å². The monoisotopic (exact) mass is 232 g/mol. The Kier molecular flexibility index (Phi) is 3.41. The number of aryl methyl sites for hydroxylation is 1. The van der Waals surface area contributed by atoms with Crippen molar-refractivity contribution in [3.63, 3.8) is 0 Å². The summed E-state index contributed by atoms with van der Waals surface area (Å²) in [4.78, 5) is 4.09. The highest BCUT2D eigenvalue weighted by molar-refractivity contribution is 5.32. The summed E-state index contributed by atoms with van der Waals surface area (Å²) in [6.45, 7) is 0. The predicted octanol–water partition coefficient (Wildman–Crippen LogP) is 0.981. The van der Waals surface area contributed by atoms with E-state index in [2.05, 4.69) is 10.4 Å². The number of ether oxygens (including phenoxy) is 1. The Morgan fingerprint density at radius 1 is 1.35 bits per heavy atom. The van der Waals surface area contributed by atoms with Gasteiger partial charge in [0.05, 0.1) is 31.4 Å². The number of nitrogens with two attached hydrogens (primary N) is 1. The molecule has 2 aromatic rings. The van der Waals surface area contributed by atoms with Crippen LogP contribution in [0.1, 0.15) is 17.3 Å². The lowest BCUT2D eigenvalue weighted by atomic mass is 10.0. The van der Waals surface area contributed by atoms with Gasteiger partial charge in [0.1, 0.15) is 5.75 Å². The van der Waals surface area contributed by atoms with Gasteiger partial charge in [0, 0.05) is 7.05 Å². The van der Waals surface area contributed by atoms with E-state index < -0.39 is 0 Å². The quantitative estimate of drug-likeness (QED) is 0.609. The van der Waals surface area contributed by atoms with E-state index in [0.717, 1.165) is 17.0 Å². The van der Waals surface area contributed by atoms with Gasteiger partial charge < -0.3 is 9.30 Å². The highest BCUT2D eigenvalue weighted by Crippen LogP contribution is 2.22. The number of hydrogen-bond donors (Lipinski definition) is 2. The molecule has 0 bridgehead atoms. The van der Waals surface area contributed by atoms with Crippen LogP contribution in [0.4, 0.5) is 0 Å². The number of methoxy groups -OCH3 is 1. The third kappa shape index (κ3) is 2.30. The highest BCUT2D eigenvalue weighted by Gasteiger charge is 2.15.